The Morgan fingerprint density at radius 1 is 1.61 bits per heavy atom. The minimum atomic E-state index is -0.485. The van der Waals surface area contributed by atoms with Gasteiger partial charge < -0.3 is 5.73 Å². The van der Waals surface area contributed by atoms with Crippen LogP contribution in [0.4, 0.5) is 0 Å². The summed E-state index contributed by atoms with van der Waals surface area (Å²) in [6.07, 6.45) is 5.08. The molecule has 18 heavy (non-hydrogen) atoms. The standard InChI is InChI=1S/C12H13N5O/c1-2-5-17-11-7(10(16-17)12(13)18)3-4-9-8(11)6-14-15-9/h2,6H,1,3-5H2,(H2,13,18)(H,14,15). The number of carbonyl (C=O) groups is 1. The van der Waals surface area contributed by atoms with E-state index in [-0.39, 0.29) is 0 Å². The number of nitrogens with zero attached hydrogens (tertiary/aromatic N) is 3. The second-order valence-electron chi connectivity index (χ2n) is 4.27. The van der Waals surface area contributed by atoms with Crippen LogP contribution in [0.3, 0.4) is 0 Å². The molecule has 0 fully saturated rings. The van der Waals surface area contributed by atoms with E-state index in [0.717, 1.165) is 35.4 Å². The van der Waals surface area contributed by atoms with E-state index < -0.39 is 5.91 Å². The Balaban J connectivity index is 2.26. The summed E-state index contributed by atoms with van der Waals surface area (Å²) in [4.78, 5) is 11.4. The highest BCUT2D eigenvalue weighted by Gasteiger charge is 2.27. The molecule has 1 aliphatic carbocycles. The lowest BCUT2D eigenvalue weighted by atomic mass is 9.94. The number of H-pyrrole nitrogens is 1. The van der Waals surface area contributed by atoms with Crippen LogP contribution in [0.25, 0.3) is 11.3 Å². The third kappa shape index (κ3) is 1.38. The molecule has 2 heterocycles. The highest BCUT2D eigenvalue weighted by Crippen LogP contribution is 2.34. The van der Waals surface area contributed by atoms with Crippen molar-refractivity contribution in [2.24, 2.45) is 5.73 Å². The van der Waals surface area contributed by atoms with E-state index in [1.807, 2.05) is 0 Å². The van der Waals surface area contributed by atoms with E-state index >= 15 is 0 Å². The van der Waals surface area contributed by atoms with E-state index in [2.05, 4.69) is 21.9 Å². The third-order valence-electron chi connectivity index (χ3n) is 3.18. The molecular formula is C12H13N5O. The van der Waals surface area contributed by atoms with Crippen LogP contribution in [0.5, 0.6) is 0 Å². The van der Waals surface area contributed by atoms with Gasteiger partial charge in [-0.25, -0.2) is 0 Å². The maximum atomic E-state index is 11.4. The Labute approximate surface area is 103 Å². The van der Waals surface area contributed by atoms with Crippen LogP contribution in [0.15, 0.2) is 18.9 Å². The predicted molar refractivity (Wildman–Crippen MR) is 65.9 cm³/mol. The molecule has 0 aliphatic heterocycles. The van der Waals surface area contributed by atoms with E-state index in [9.17, 15) is 4.79 Å². The molecule has 0 saturated carbocycles. The minimum absolute atomic E-state index is 0.360. The van der Waals surface area contributed by atoms with Crippen molar-refractivity contribution in [1.82, 2.24) is 20.0 Å². The maximum absolute atomic E-state index is 11.4. The van der Waals surface area contributed by atoms with Crippen LogP contribution in [0, 0.1) is 0 Å². The zero-order valence-corrected chi connectivity index (χ0v) is 9.81. The van der Waals surface area contributed by atoms with E-state index in [1.54, 1.807) is 17.0 Å². The lowest BCUT2D eigenvalue weighted by molar-refractivity contribution is 0.0994. The fourth-order valence-corrected chi connectivity index (χ4v) is 2.45. The monoisotopic (exact) mass is 243 g/mol. The molecule has 2 aromatic heterocycles. The predicted octanol–water partition coefficient (Wildman–Crippen LogP) is 0.657. The van der Waals surface area contributed by atoms with Gasteiger partial charge in [0.1, 0.15) is 0 Å². The Bertz CT molecular complexity index is 637. The Hall–Kier alpha value is -2.37. The molecule has 6 nitrogen and oxygen atoms in total. The molecule has 6 heteroatoms. The van der Waals surface area contributed by atoms with E-state index in [0.29, 0.717) is 12.2 Å². The van der Waals surface area contributed by atoms with Gasteiger partial charge in [-0.05, 0) is 12.8 Å². The SMILES string of the molecule is C=CCn1nc(C(N)=O)c2c1-c1cn[nH]c1CC2. The van der Waals surface area contributed by atoms with E-state index in [4.69, 9.17) is 5.73 Å². The van der Waals surface area contributed by atoms with Gasteiger partial charge in [0.05, 0.1) is 18.4 Å². The molecule has 3 N–H and O–H groups in total. The maximum Gasteiger partial charge on any atom is 0.269 e. The summed E-state index contributed by atoms with van der Waals surface area (Å²) in [6, 6.07) is 0. The fourth-order valence-electron chi connectivity index (χ4n) is 2.45. The van der Waals surface area contributed by atoms with Gasteiger partial charge in [-0.2, -0.15) is 10.2 Å². The molecule has 92 valence electrons. The van der Waals surface area contributed by atoms with Crippen LogP contribution in [-0.4, -0.2) is 25.9 Å². The number of nitrogens with two attached hydrogens (primary N) is 1. The first kappa shape index (κ1) is 10.8. The normalized spacial score (nSPS) is 12.9. The van der Waals surface area contributed by atoms with Crippen LogP contribution < -0.4 is 5.73 Å². The lowest BCUT2D eigenvalue weighted by Gasteiger charge is -2.13. The summed E-state index contributed by atoms with van der Waals surface area (Å²) >= 11 is 0. The van der Waals surface area contributed by atoms with Crippen LogP contribution in [0.1, 0.15) is 21.7 Å². The van der Waals surface area contributed by atoms with Crippen LogP contribution >= 0.6 is 0 Å². The zero-order valence-electron chi connectivity index (χ0n) is 9.81. The number of primary amides is 1. The van der Waals surface area contributed by atoms with Gasteiger partial charge in [-0.3, -0.25) is 14.6 Å². The number of aromatic nitrogens is 4. The number of hydrogen-bond donors (Lipinski definition) is 2. The van der Waals surface area contributed by atoms with Gasteiger partial charge in [0.15, 0.2) is 5.69 Å². The third-order valence-corrected chi connectivity index (χ3v) is 3.18. The van der Waals surface area contributed by atoms with Crippen molar-refractivity contribution in [1.29, 1.82) is 0 Å². The fraction of sp³-hybridized carbons (Fsp3) is 0.250. The number of nitrogens with one attached hydrogen (secondary N) is 1. The molecule has 3 rings (SSSR count). The number of rotatable bonds is 3. The second-order valence-corrected chi connectivity index (χ2v) is 4.27. The van der Waals surface area contributed by atoms with E-state index in [1.165, 1.54) is 0 Å². The number of allylic oxidation sites excluding steroid dienone is 1. The van der Waals surface area contributed by atoms with Gasteiger partial charge in [-0.15, -0.1) is 6.58 Å². The lowest BCUT2D eigenvalue weighted by Crippen LogP contribution is -2.15. The van der Waals surface area contributed by atoms with Crippen molar-refractivity contribution >= 4 is 5.91 Å². The van der Waals surface area contributed by atoms with Crippen molar-refractivity contribution in [3.63, 3.8) is 0 Å². The summed E-state index contributed by atoms with van der Waals surface area (Å²) in [7, 11) is 0. The first-order chi connectivity index (χ1) is 8.72. The van der Waals surface area contributed by atoms with Crippen LogP contribution in [-0.2, 0) is 19.4 Å². The Morgan fingerprint density at radius 3 is 3.17 bits per heavy atom. The molecule has 0 aromatic carbocycles. The summed E-state index contributed by atoms with van der Waals surface area (Å²) in [5, 5.41) is 11.3. The van der Waals surface area contributed by atoms with Crippen LogP contribution in [0.2, 0.25) is 0 Å². The quantitative estimate of drug-likeness (QED) is 0.776. The number of fused-ring (bicyclic) bond motifs is 3. The summed E-state index contributed by atoms with van der Waals surface area (Å²) < 4.78 is 1.76. The highest BCUT2D eigenvalue weighted by atomic mass is 16.1. The molecule has 2 aromatic rings. The van der Waals surface area contributed by atoms with Crippen molar-refractivity contribution in [2.45, 2.75) is 19.4 Å². The van der Waals surface area contributed by atoms with Crippen molar-refractivity contribution in [3.05, 3.63) is 35.8 Å². The number of carbonyl (C=O) groups excluding carboxylic acids is 1. The number of aryl methyl sites for hydroxylation is 1. The van der Waals surface area contributed by atoms with Gasteiger partial charge in [-0.1, -0.05) is 6.08 Å². The molecule has 0 spiro atoms. The molecule has 1 aliphatic rings. The zero-order chi connectivity index (χ0) is 12.7. The molecular weight excluding hydrogens is 230 g/mol. The first-order valence-corrected chi connectivity index (χ1v) is 5.75. The first-order valence-electron chi connectivity index (χ1n) is 5.75. The summed E-state index contributed by atoms with van der Waals surface area (Å²) in [6.45, 7) is 4.24. The summed E-state index contributed by atoms with van der Waals surface area (Å²) in [5.41, 5.74) is 9.65. The van der Waals surface area contributed by atoms with Crippen molar-refractivity contribution < 1.29 is 4.79 Å². The average molecular weight is 243 g/mol. The van der Waals surface area contributed by atoms with Crippen molar-refractivity contribution in [3.8, 4) is 11.3 Å². The molecule has 1 amide bonds. The topological polar surface area (TPSA) is 89.6 Å². The summed E-state index contributed by atoms with van der Waals surface area (Å²) in [5.74, 6) is -0.485. The largest absolute Gasteiger partial charge is 0.364 e. The van der Waals surface area contributed by atoms with Gasteiger partial charge in [0.2, 0.25) is 0 Å². The number of amides is 1. The molecule has 0 atom stereocenters. The highest BCUT2D eigenvalue weighted by molar-refractivity contribution is 5.94. The number of hydrogen-bond acceptors (Lipinski definition) is 3. The smallest absolute Gasteiger partial charge is 0.269 e. The minimum Gasteiger partial charge on any atom is -0.364 e. The Morgan fingerprint density at radius 2 is 2.44 bits per heavy atom. The van der Waals surface area contributed by atoms with Crippen molar-refractivity contribution in [2.75, 3.05) is 0 Å². The van der Waals surface area contributed by atoms with Gasteiger partial charge in [0, 0.05) is 16.8 Å². The molecule has 0 saturated heterocycles. The molecule has 0 bridgehead atoms. The average Bonchev–Trinajstić information content (AvgIpc) is 2.92. The van der Waals surface area contributed by atoms with Gasteiger partial charge >= 0.3 is 0 Å². The Kier molecular flexibility index (Phi) is 2.29. The number of aromatic amines is 1. The molecule has 0 radical (unpaired) electrons. The molecule has 0 unspecified atom stereocenters. The van der Waals surface area contributed by atoms with Gasteiger partial charge in [0.25, 0.3) is 5.91 Å². The second kappa shape index (κ2) is 3.83.